The van der Waals surface area contributed by atoms with Gasteiger partial charge in [-0.05, 0) is 38.9 Å². The summed E-state index contributed by atoms with van der Waals surface area (Å²) in [4.78, 5) is 15.8. The van der Waals surface area contributed by atoms with E-state index in [1.807, 2.05) is 11.9 Å². The van der Waals surface area contributed by atoms with Crippen molar-refractivity contribution in [3.8, 4) is 10.6 Å². The van der Waals surface area contributed by atoms with E-state index in [0.717, 1.165) is 26.3 Å². The summed E-state index contributed by atoms with van der Waals surface area (Å²) in [7, 11) is 1.90. The van der Waals surface area contributed by atoms with E-state index in [1.54, 1.807) is 19.1 Å². The van der Waals surface area contributed by atoms with Gasteiger partial charge in [0, 0.05) is 31.6 Å². The summed E-state index contributed by atoms with van der Waals surface area (Å²) < 4.78 is 31.8. The van der Waals surface area contributed by atoms with E-state index in [1.165, 1.54) is 11.3 Å². The molecule has 8 heteroatoms. The number of hydrogen-bond acceptors (Lipinski definition) is 5. The molecule has 1 aliphatic rings. The van der Waals surface area contributed by atoms with Crippen LogP contribution in [0.2, 0.25) is 0 Å². The van der Waals surface area contributed by atoms with Crippen LogP contribution in [0.5, 0.6) is 0 Å². The van der Waals surface area contributed by atoms with Gasteiger partial charge < -0.3 is 14.7 Å². The molecule has 25 heavy (non-hydrogen) atoms. The molecular weight excluding hydrogens is 348 g/mol. The zero-order chi connectivity index (χ0) is 18.2. The van der Waals surface area contributed by atoms with Crippen LogP contribution in [-0.2, 0) is 5.92 Å². The number of piperidine rings is 1. The number of likely N-dealkylation sites (N-methyl/N-ethyl adjacent to an activating group) is 1. The molecule has 1 aliphatic heterocycles. The average Bonchev–Trinajstić information content (AvgIpc) is 3.20. The van der Waals surface area contributed by atoms with Crippen molar-refractivity contribution in [2.75, 3.05) is 20.1 Å². The van der Waals surface area contributed by atoms with Crippen molar-refractivity contribution < 1.29 is 18.1 Å². The Kier molecular flexibility index (Phi) is 4.92. The smallest absolute Gasteiger partial charge is 0.304 e. The Morgan fingerprint density at radius 2 is 2.24 bits per heavy atom. The zero-order valence-electron chi connectivity index (χ0n) is 14.4. The van der Waals surface area contributed by atoms with E-state index < -0.39 is 11.7 Å². The van der Waals surface area contributed by atoms with E-state index in [9.17, 15) is 13.6 Å². The predicted molar refractivity (Wildman–Crippen MR) is 92.1 cm³/mol. The molecular formula is C17H21F2N3O2S. The molecule has 1 atom stereocenters. The van der Waals surface area contributed by atoms with E-state index in [-0.39, 0.29) is 5.91 Å². The van der Waals surface area contributed by atoms with Crippen molar-refractivity contribution in [1.82, 2.24) is 15.4 Å². The van der Waals surface area contributed by atoms with Gasteiger partial charge in [0.15, 0.2) is 0 Å². The molecule has 0 saturated carbocycles. The fraction of sp³-hybridized carbons (Fsp3) is 0.529. The molecule has 1 unspecified atom stereocenters. The van der Waals surface area contributed by atoms with Gasteiger partial charge in [-0.2, -0.15) is 8.78 Å². The van der Waals surface area contributed by atoms with Crippen molar-refractivity contribution in [2.24, 2.45) is 0 Å². The topological polar surface area (TPSA) is 58.4 Å². The standard InChI is InChI=1S/C17H21F2N3O2S/c1-10-14(21-24-15(10)17(2,18)19)12-6-7-13(25-12)16(23)22-8-4-5-11(9-22)20-3/h6-7,11,20H,4-5,8-9H2,1-3H3. The van der Waals surface area contributed by atoms with Crippen LogP contribution in [0.1, 0.15) is 40.8 Å². The van der Waals surface area contributed by atoms with Gasteiger partial charge in [0.1, 0.15) is 5.69 Å². The maximum absolute atomic E-state index is 13.5. The second kappa shape index (κ2) is 6.84. The Labute approximate surface area is 149 Å². The number of likely N-dealkylation sites (tertiary alicyclic amines) is 1. The van der Waals surface area contributed by atoms with Crippen LogP contribution in [0.25, 0.3) is 10.6 Å². The summed E-state index contributed by atoms with van der Waals surface area (Å²) in [5, 5.41) is 7.00. The van der Waals surface area contributed by atoms with Crippen molar-refractivity contribution in [3.05, 3.63) is 28.3 Å². The van der Waals surface area contributed by atoms with Crippen LogP contribution in [0.15, 0.2) is 16.7 Å². The fourth-order valence-corrected chi connectivity index (χ4v) is 4.12. The number of carbonyl (C=O) groups excluding carboxylic acids is 1. The lowest BCUT2D eigenvalue weighted by atomic mass is 10.1. The first-order chi connectivity index (χ1) is 11.8. The van der Waals surface area contributed by atoms with Gasteiger partial charge in [0.05, 0.1) is 9.75 Å². The van der Waals surface area contributed by atoms with Gasteiger partial charge in [0.2, 0.25) is 5.76 Å². The summed E-state index contributed by atoms with van der Waals surface area (Å²) in [6.45, 7) is 3.75. The highest BCUT2D eigenvalue weighted by Crippen LogP contribution is 2.37. The highest BCUT2D eigenvalue weighted by molar-refractivity contribution is 7.17. The summed E-state index contributed by atoms with van der Waals surface area (Å²) in [6, 6.07) is 3.77. The molecule has 0 aromatic carbocycles. The molecule has 1 saturated heterocycles. The quantitative estimate of drug-likeness (QED) is 0.894. The maximum Gasteiger partial charge on any atom is 0.304 e. The Hall–Kier alpha value is -1.80. The number of halogens is 2. The summed E-state index contributed by atoms with van der Waals surface area (Å²) in [5.41, 5.74) is 0.675. The minimum atomic E-state index is -3.08. The third kappa shape index (κ3) is 3.59. The second-order valence-electron chi connectivity index (χ2n) is 6.42. The number of nitrogens with one attached hydrogen (secondary N) is 1. The van der Waals surface area contributed by atoms with Gasteiger partial charge in [0.25, 0.3) is 5.91 Å². The summed E-state index contributed by atoms with van der Waals surface area (Å²) in [5.74, 6) is -3.55. The molecule has 1 N–H and O–H groups in total. The molecule has 0 bridgehead atoms. The lowest BCUT2D eigenvalue weighted by Gasteiger charge is -2.32. The Balaban J connectivity index is 1.81. The third-order valence-corrected chi connectivity index (χ3v) is 5.57. The van der Waals surface area contributed by atoms with Gasteiger partial charge >= 0.3 is 5.92 Å². The monoisotopic (exact) mass is 369 g/mol. The van der Waals surface area contributed by atoms with Crippen molar-refractivity contribution >= 4 is 17.2 Å². The van der Waals surface area contributed by atoms with Gasteiger partial charge in [-0.1, -0.05) is 5.16 Å². The number of amides is 1. The SMILES string of the molecule is CNC1CCCN(C(=O)c2ccc(-c3noc(C(C)(F)F)c3C)s2)C1. The lowest BCUT2D eigenvalue weighted by molar-refractivity contribution is -0.0112. The predicted octanol–water partition coefficient (Wildman–Crippen LogP) is 3.65. The number of alkyl halides is 2. The zero-order valence-corrected chi connectivity index (χ0v) is 15.3. The molecule has 3 heterocycles. The van der Waals surface area contributed by atoms with Gasteiger partial charge in [-0.3, -0.25) is 4.79 Å². The molecule has 5 nitrogen and oxygen atoms in total. The number of hydrogen-bond donors (Lipinski definition) is 1. The fourth-order valence-electron chi connectivity index (χ4n) is 3.11. The Bertz CT molecular complexity index is 766. The van der Waals surface area contributed by atoms with Crippen molar-refractivity contribution in [1.29, 1.82) is 0 Å². The number of aromatic nitrogens is 1. The summed E-state index contributed by atoms with van der Waals surface area (Å²) in [6.07, 6.45) is 2.02. The first-order valence-corrected chi connectivity index (χ1v) is 9.04. The molecule has 1 amide bonds. The first-order valence-electron chi connectivity index (χ1n) is 8.22. The van der Waals surface area contributed by atoms with Crippen LogP contribution in [0.3, 0.4) is 0 Å². The molecule has 1 fully saturated rings. The van der Waals surface area contributed by atoms with Crippen LogP contribution in [0.4, 0.5) is 8.78 Å². The van der Waals surface area contributed by atoms with Crippen LogP contribution in [-0.4, -0.2) is 42.1 Å². The second-order valence-corrected chi connectivity index (χ2v) is 7.50. The normalized spacial score (nSPS) is 18.6. The molecule has 0 aliphatic carbocycles. The molecule has 0 spiro atoms. The van der Waals surface area contributed by atoms with Crippen LogP contribution < -0.4 is 5.32 Å². The van der Waals surface area contributed by atoms with Crippen LogP contribution >= 0.6 is 11.3 Å². The van der Waals surface area contributed by atoms with Crippen LogP contribution in [0, 0.1) is 6.92 Å². The minimum Gasteiger partial charge on any atom is -0.354 e. The van der Waals surface area contributed by atoms with Gasteiger partial charge in [-0.15, -0.1) is 11.3 Å². The van der Waals surface area contributed by atoms with Crippen molar-refractivity contribution in [2.45, 2.75) is 38.7 Å². The minimum absolute atomic E-state index is 0.0293. The number of carbonyl (C=O) groups is 1. The Morgan fingerprint density at radius 1 is 1.48 bits per heavy atom. The molecule has 2 aromatic rings. The van der Waals surface area contributed by atoms with E-state index >= 15 is 0 Å². The number of nitrogens with zero attached hydrogens (tertiary/aromatic N) is 2. The molecule has 2 aromatic heterocycles. The van der Waals surface area contributed by atoms with Crippen molar-refractivity contribution in [3.63, 3.8) is 0 Å². The molecule has 0 radical (unpaired) electrons. The average molecular weight is 369 g/mol. The van der Waals surface area contributed by atoms with E-state index in [4.69, 9.17) is 4.52 Å². The third-order valence-electron chi connectivity index (χ3n) is 4.49. The van der Waals surface area contributed by atoms with E-state index in [2.05, 4.69) is 10.5 Å². The first kappa shape index (κ1) is 18.0. The molecule has 3 rings (SSSR count). The molecule has 136 valence electrons. The number of rotatable bonds is 4. The summed E-state index contributed by atoms with van der Waals surface area (Å²) >= 11 is 1.26. The highest BCUT2D eigenvalue weighted by Gasteiger charge is 2.34. The van der Waals surface area contributed by atoms with Gasteiger partial charge in [-0.25, -0.2) is 0 Å². The lowest BCUT2D eigenvalue weighted by Crippen LogP contribution is -2.46. The number of thiophene rings is 1. The maximum atomic E-state index is 13.5. The van der Waals surface area contributed by atoms with E-state index in [0.29, 0.717) is 33.6 Å². The highest BCUT2D eigenvalue weighted by atomic mass is 32.1. The Morgan fingerprint density at radius 3 is 2.88 bits per heavy atom. The largest absolute Gasteiger partial charge is 0.354 e.